The van der Waals surface area contributed by atoms with Crippen LogP contribution in [0.4, 0.5) is 4.39 Å². The van der Waals surface area contributed by atoms with Gasteiger partial charge in [0.2, 0.25) is 11.6 Å². The summed E-state index contributed by atoms with van der Waals surface area (Å²) in [6.07, 6.45) is 5.83. The van der Waals surface area contributed by atoms with Crippen LogP contribution >= 0.6 is 0 Å². The molecule has 1 atom stereocenters. The molecule has 3 aromatic rings. The molecule has 2 aromatic heterocycles. The van der Waals surface area contributed by atoms with Crippen LogP contribution in [-0.4, -0.2) is 45.4 Å². The van der Waals surface area contributed by atoms with Crippen LogP contribution in [0, 0.1) is 0 Å². The summed E-state index contributed by atoms with van der Waals surface area (Å²) in [4.78, 5) is 33.9. The van der Waals surface area contributed by atoms with Crippen molar-refractivity contribution in [3.05, 3.63) is 66.1 Å². The highest BCUT2D eigenvalue weighted by Crippen LogP contribution is 2.27. The summed E-state index contributed by atoms with van der Waals surface area (Å²) in [6, 6.07) is 11.3. The third kappa shape index (κ3) is 4.13. The molecule has 2 amide bonds. The molecule has 2 N–H and O–H groups in total. The fourth-order valence-electron chi connectivity index (χ4n) is 3.81. The minimum absolute atomic E-state index is 0.114. The molecule has 1 aliphatic rings. The number of nitrogens with one attached hydrogen (secondary N) is 2. The molecule has 150 valence electrons. The van der Waals surface area contributed by atoms with Crippen molar-refractivity contribution in [2.45, 2.75) is 31.5 Å². The number of nitrogens with zero attached hydrogens (tertiary/aromatic N) is 2. The first-order valence-electron chi connectivity index (χ1n) is 9.74. The number of aromatic nitrogens is 2. The molecule has 1 saturated heterocycles. The number of H-pyrrole nitrogens is 1. The number of piperidine rings is 1. The van der Waals surface area contributed by atoms with E-state index in [2.05, 4.69) is 15.3 Å². The lowest BCUT2D eigenvalue weighted by atomic mass is 9.93. The number of likely N-dealkylation sites (tertiary alicyclic amines) is 1. The topological polar surface area (TPSA) is 78.1 Å². The van der Waals surface area contributed by atoms with Gasteiger partial charge in [0.15, 0.2) is 0 Å². The minimum Gasteiger partial charge on any atom is -0.361 e. The van der Waals surface area contributed by atoms with E-state index in [0.29, 0.717) is 13.0 Å². The highest BCUT2D eigenvalue weighted by molar-refractivity contribution is 5.90. The number of rotatable bonds is 5. The maximum absolute atomic E-state index is 15.4. The Kier molecular flexibility index (Phi) is 5.29. The molecule has 7 heteroatoms. The number of para-hydroxylation sites is 1. The highest BCUT2D eigenvalue weighted by Gasteiger charge is 2.43. The number of benzene rings is 1. The molecule has 1 unspecified atom stereocenters. The summed E-state index contributed by atoms with van der Waals surface area (Å²) in [6.45, 7) is 0.456. The quantitative estimate of drug-likeness (QED) is 0.699. The Labute approximate surface area is 168 Å². The Bertz CT molecular complexity index is 1020. The fraction of sp³-hybridized carbons (Fsp3) is 0.318. The zero-order valence-electron chi connectivity index (χ0n) is 16.0. The van der Waals surface area contributed by atoms with Gasteiger partial charge in [-0.05, 0) is 36.1 Å². The van der Waals surface area contributed by atoms with Gasteiger partial charge < -0.3 is 15.2 Å². The second-order valence-corrected chi connectivity index (χ2v) is 7.46. The standard InChI is InChI=1S/C22H23FN4O2/c23-22(21(29)26-13-16-5-3-9-24-12-16)8-4-10-27(15-22)20(28)11-17-14-25-19-7-2-1-6-18(17)19/h1-3,5-7,9,12,14,25H,4,8,10-11,13,15H2,(H,26,29). The Morgan fingerprint density at radius 1 is 1.24 bits per heavy atom. The van der Waals surface area contributed by atoms with Crippen molar-refractivity contribution in [1.29, 1.82) is 0 Å². The van der Waals surface area contributed by atoms with E-state index in [-0.39, 0.29) is 31.8 Å². The number of hydrogen-bond donors (Lipinski definition) is 2. The summed E-state index contributed by atoms with van der Waals surface area (Å²) in [5.74, 6) is -0.845. The smallest absolute Gasteiger partial charge is 0.259 e. The summed E-state index contributed by atoms with van der Waals surface area (Å²) < 4.78 is 15.4. The van der Waals surface area contributed by atoms with Crippen LogP contribution < -0.4 is 5.32 Å². The van der Waals surface area contributed by atoms with Crippen LogP contribution in [0.1, 0.15) is 24.0 Å². The van der Waals surface area contributed by atoms with E-state index in [1.807, 2.05) is 36.5 Å². The molecule has 4 rings (SSSR count). The highest BCUT2D eigenvalue weighted by atomic mass is 19.1. The molecule has 0 aliphatic carbocycles. The van der Waals surface area contributed by atoms with Gasteiger partial charge in [0, 0.05) is 42.6 Å². The predicted molar refractivity (Wildman–Crippen MR) is 108 cm³/mol. The van der Waals surface area contributed by atoms with E-state index in [4.69, 9.17) is 0 Å². The normalized spacial score (nSPS) is 19.3. The zero-order valence-corrected chi connectivity index (χ0v) is 16.0. The lowest BCUT2D eigenvalue weighted by molar-refractivity contribution is -0.143. The Balaban J connectivity index is 1.40. The van der Waals surface area contributed by atoms with Crippen LogP contribution in [0.2, 0.25) is 0 Å². The SMILES string of the molecule is O=C(Cc1c[nH]c2ccccc12)N1CCCC(F)(C(=O)NCc2cccnc2)C1. The molecule has 0 spiro atoms. The van der Waals surface area contributed by atoms with Crippen molar-refractivity contribution in [3.8, 4) is 0 Å². The van der Waals surface area contributed by atoms with E-state index in [0.717, 1.165) is 22.0 Å². The van der Waals surface area contributed by atoms with Gasteiger partial charge in [-0.2, -0.15) is 0 Å². The monoisotopic (exact) mass is 394 g/mol. The number of aromatic amines is 1. The number of amides is 2. The Morgan fingerprint density at radius 3 is 2.93 bits per heavy atom. The molecular weight excluding hydrogens is 371 g/mol. The van der Waals surface area contributed by atoms with Crippen molar-refractivity contribution in [2.75, 3.05) is 13.1 Å². The van der Waals surface area contributed by atoms with E-state index in [9.17, 15) is 9.59 Å². The van der Waals surface area contributed by atoms with Gasteiger partial charge in [0.05, 0.1) is 13.0 Å². The second kappa shape index (κ2) is 8.03. The third-order valence-electron chi connectivity index (χ3n) is 5.39. The van der Waals surface area contributed by atoms with Crippen LogP contribution in [0.15, 0.2) is 55.0 Å². The number of hydrogen-bond acceptors (Lipinski definition) is 3. The van der Waals surface area contributed by atoms with E-state index >= 15 is 4.39 Å². The van der Waals surface area contributed by atoms with Gasteiger partial charge in [0.25, 0.3) is 5.91 Å². The third-order valence-corrected chi connectivity index (χ3v) is 5.39. The van der Waals surface area contributed by atoms with Gasteiger partial charge >= 0.3 is 0 Å². The molecule has 1 fully saturated rings. The molecule has 0 saturated carbocycles. The van der Waals surface area contributed by atoms with Crippen molar-refractivity contribution >= 4 is 22.7 Å². The molecule has 1 aliphatic heterocycles. The summed E-state index contributed by atoms with van der Waals surface area (Å²) in [7, 11) is 0. The molecule has 6 nitrogen and oxygen atoms in total. The Morgan fingerprint density at radius 2 is 2.10 bits per heavy atom. The summed E-state index contributed by atoms with van der Waals surface area (Å²) in [5, 5.41) is 3.63. The first-order valence-corrected chi connectivity index (χ1v) is 9.74. The second-order valence-electron chi connectivity index (χ2n) is 7.46. The Hall–Kier alpha value is -3.22. The first kappa shape index (κ1) is 19.1. The number of carbonyl (C=O) groups excluding carboxylic acids is 2. The van der Waals surface area contributed by atoms with Crippen molar-refractivity contribution in [2.24, 2.45) is 0 Å². The maximum Gasteiger partial charge on any atom is 0.259 e. The van der Waals surface area contributed by atoms with Crippen LogP contribution in [0.3, 0.4) is 0 Å². The summed E-state index contributed by atoms with van der Waals surface area (Å²) >= 11 is 0. The van der Waals surface area contributed by atoms with Crippen molar-refractivity contribution in [1.82, 2.24) is 20.2 Å². The van der Waals surface area contributed by atoms with Crippen molar-refractivity contribution in [3.63, 3.8) is 0 Å². The lowest BCUT2D eigenvalue weighted by Gasteiger charge is -2.36. The largest absolute Gasteiger partial charge is 0.361 e. The van der Waals surface area contributed by atoms with E-state index < -0.39 is 11.6 Å². The van der Waals surface area contributed by atoms with Gasteiger partial charge in [-0.1, -0.05) is 24.3 Å². The van der Waals surface area contributed by atoms with Gasteiger partial charge in [-0.15, -0.1) is 0 Å². The fourth-order valence-corrected chi connectivity index (χ4v) is 3.81. The summed E-state index contributed by atoms with van der Waals surface area (Å²) in [5.41, 5.74) is 0.564. The molecule has 3 heterocycles. The zero-order chi connectivity index (χ0) is 20.3. The number of alkyl halides is 1. The molecule has 0 bridgehead atoms. The van der Waals surface area contributed by atoms with Crippen molar-refractivity contribution < 1.29 is 14.0 Å². The first-order chi connectivity index (χ1) is 14.0. The average Bonchev–Trinajstić information content (AvgIpc) is 3.15. The van der Waals surface area contributed by atoms with E-state index in [1.165, 1.54) is 4.90 Å². The maximum atomic E-state index is 15.4. The number of pyridine rings is 1. The average molecular weight is 394 g/mol. The van der Waals surface area contributed by atoms with Crippen LogP contribution in [0.5, 0.6) is 0 Å². The van der Waals surface area contributed by atoms with Gasteiger partial charge in [-0.25, -0.2) is 4.39 Å². The molecule has 29 heavy (non-hydrogen) atoms. The van der Waals surface area contributed by atoms with E-state index in [1.54, 1.807) is 18.5 Å². The van der Waals surface area contributed by atoms with Gasteiger partial charge in [0.1, 0.15) is 0 Å². The van der Waals surface area contributed by atoms with Crippen LogP contribution in [0.25, 0.3) is 10.9 Å². The molecular formula is C22H23FN4O2. The number of halogens is 1. The number of carbonyl (C=O) groups is 2. The molecule has 1 aromatic carbocycles. The lowest BCUT2D eigenvalue weighted by Crippen LogP contribution is -2.55. The predicted octanol–water partition coefficient (Wildman–Crippen LogP) is 2.75. The minimum atomic E-state index is -2.07. The van der Waals surface area contributed by atoms with Gasteiger partial charge in [-0.3, -0.25) is 14.6 Å². The molecule has 0 radical (unpaired) electrons. The van der Waals surface area contributed by atoms with Crippen LogP contribution in [-0.2, 0) is 22.6 Å². The number of fused-ring (bicyclic) bond motifs is 1.